The van der Waals surface area contributed by atoms with Crippen LogP contribution in [-0.4, -0.2) is 35.6 Å². The molecule has 1 aromatic heterocycles. The Morgan fingerprint density at radius 2 is 1.81 bits per heavy atom. The van der Waals surface area contributed by atoms with E-state index in [-0.39, 0.29) is 10.9 Å². The van der Waals surface area contributed by atoms with Crippen LogP contribution in [0, 0.1) is 5.82 Å². The molecule has 112 valence electrons. The van der Waals surface area contributed by atoms with Crippen molar-refractivity contribution in [2.24, 2.45) is 0 Å². The van der Waals surface area contributed by atoms with Crippen LogP contribution in [0.5, 0.6) is 0 Å². The first-order valence-electron chi connectivity index (χ1n) is 6.82. The van der Waals surface area contributed by atoms with Crippen LogP contribution >= 0.6 is 0 Å². The maximum Gasteiger partial charge on any atom is 0.243 e. The van der Waals surface area contributed by atoms with Crippen molar-refractivity contribution in [2.45, 2.75) is 23.8 Å². The summed E-state index contributed by atoms with van der Waals surface area (Å²) in [5.74, 6) is -0.439. The summed E-state index contributed by atoms with van der Waals surface area (Å²) in [7, 11) is -3.53. The second-order valence-corrected chi connectivity index (χ2v) is 7.01. The zero-order valence-corrected chi connectivity index (χ0v) is 12.2. The normalized spacial score (nSPS) is 18.0. The van der Waals surface area contributed by atoms with Crippen LogP contribution in [-0.2, 0) is 10.0 Å². The fourth-order valence-corrected chi connectivity index (χ4v) is 4.07. The van der Waals surface area contributed by atoms with E-state index in [1.165, 1.54) is 28.6 Å². The average Bonchev–Trinajstić information content (AvgIpc) is 3.02. The fourth-order valence-electron chi connectivity index (χ4n) is 2.60. The van der Waals surface area contributed by atoms with Gasteiger partial charge in [-0.05, 0) is 43.2 Å². The van der Waals surface area contributed by atoms with E-state index in [2.05, 4.69) is 5.10 Å². The Morgan fingerprint density at radius 1 is 1.14 bits per heavy atom. The fraction of sp³-hybridized carbons (Fsp3) is 0.357. The minimum Gasteiger partial charge on any atom is -0.270 e. The Morgan fingerprint density at radius 3 is 2.38 bits per heavy atom. The number of piperidine rings is 1. The molecule has 7 heteroatoms. The standard InChI is InChI=1S/C14H16FN3O2S/c15-12-2-4-14(5-3-12)21(19,20)17-10-6-13(7-11-17)18-9-1-8-16-18/h1-5,8-9,13H,6-7,10-11H2. The molecule has 1 saturated heterocycles. The summed E-state index contributed by atoms with van der Waals surface area (Å²) in [5.41, 5.74) is 0. The van der Waals surface area contributed by atoms with Crippen LogP contribution in [0.3, 0.4) is 0 Å². The van der Waals surface area contributed by atoms with Crippen molar-refractivity contribution in [3.8, 4) is 0 Å². The summed E-state index contributed by atoms with van der Waals surface area (Å²) in [4.78, 5) is 0.140. The topological polar surface area (TPSA) is 55.2 Å². The minimum atomic E-state index is -3.53. The Labute approximate surface area is 123 Å². The Bertz CT molecular complexity index is 690. The summed E-state index contributed by atoms with van der Waals surface area (Å²) in [6.45, 7) is 0.897. The molecule has 0 amide bonds. The van der Waals surface area contributed by atoms with Crippen molar-refractivity contribution in [3.05, 3.63) is 48.5 Å². The molecule has 21 heavy (non-hydrogen) atoms. The molecule has 0 saturated carbocycles. The largest absolute Gasteiger partial charge is 0.270 e. The molecule has 0 N–H and O–H groups in total. The van der Waals surface area contributed by atoms with Crippen LogP contribution < -0.4 is 0 Å². The van der Waals surface area contributed by atoms with E-state index in [1.807, 2.05) is 16.9 Å². The molecule has 0 unspecified atom stereocenters. The maximum absolute atomic E-state index is 12.9. The number of hydrogen-bond donors (Lipinski definition) is 0. The molecule has 1 aliphatic heterocycles. The van der Waals surface area contributed by atoms with Gasteiger partial charge in [-0.3, -0.25) is 4.68 Å². The second-order valence-electron chi connectivity index (χ2n) is 5.08. The van der Waals surface area contributed by atoms with Gasteiger partial charge in [-0.1, -0.05) is 0 Å². The highest BCUT2D eigenvalue weighted by atomic mass is 32.2. The molecule has 2 heterocycles. The quantitative estimate of drug-likeness (QED) is 0.872. The van der Waals surface area contributed by atoms with Crippen molar-refractivity contribution in [2.75, 3.05) is 13.1 Å². The van der Waals surface area contributed by atoms with Gasteiger partial charge in [0.1, 0.15) is 5.82 Å². The molecule has 1 aromatic carbocycles. The van der Waals surface area contributed by atoms with Gasteiger partial charge in [-0.2, -0.15) is 9.40 Å². The average molecular weight is 309 g/mol. The lowest BCUT2D eigenvalue weighted by molar-refractivity contribution is 0.261. The van der Waals surface area contributed by atoms with Gasteiger partial charge >= 0.3 is 0 Å². The molecule has 2 aromatic rings. The van der Waals surface area contributed by atoms with Gasteiger partial charge in [0.15, 0.2) is 0 Å². The first kappa shape index (κ1) is 14.2. The van der Waals surface area contributed by atoms with E-state index in [0.29, 0.717) is 13.1 Å². The van der Waals surface area contributed by atoms with E-state index in [4.69, 9.17) is 0 Å². The van der Waals surface area contributed by atoms with Crippen molar-refractivity contribution >= 4 is 10.0 Å². The lowest BCUT2D eigenvalue weighted by Gasteiger charge is -2.31. The van der Waals surface area contributed by atoms with Crippen LogP contribution in [0.2, 0.25) is 0 Å². The predicted molar refractivity (Wildman–Crippen MR) is 75.7 cm³/mol. The van der Waals surface area contributed by atoms with Gasteiger partial charge < -0.3 is 0 Å². The molecule has 5 nitrogen and oxygen atoms in total. The van der Waals surface area contributed by atoms with E-state index in [9.17, 15) is 12.8 Å². The third kappa shape index (κ3) is 2.84. The van der Waals surface area contributed by atoms with Crippen LogP contribution in [0.4, 0.5) is 4.39 Å². The summed E-state index contributed by atoms with van der Waals surface area (Å²) in [6.07, 6.45) is 5.07. The maximum atomic E-state index is 12.9. The lowest BCUT2D eigenvalue weighted by Crippen LogP contribution is -2.39. The zero-order valence-electron chi connectivity index (χ0n) is 11.4. The van der Waals surface area contributed by atoms with Crippen LogP contribution in [0.15, 0.2) is 47.6 Å². The molecule has 0 bridgehead atoms. The number of nitrogens with zero attached hydrogens (tertiary/aromatic N) is 3. The first-order valence-corrected chi connectivity index (χ1v) is 8.26. The third-order valence-electron chi connectivity index (χ3n) is 3.77. The Kier molecular flexibility index (Phi) is 3.77. The molecule has 0 spiro atoms. The molecular weight excluding hydrogens is 293 g/mol. The number of benzene rings is 1. The van der Waals surface area contributed by atoms with E-state index < -0.39 is 15.8 Å². The van der Waals surface area contributed by atoms with Crippen molar-refractivity contribution in [3.63, 3.8) is 0 Å². The van der Waals surface area contributed by atoms with Gasteiger partial charge in [0, 0.05) is 25.5 Å². The van der Waals surface area contributed by atoms with Crippen LogP contribution in [0.25, 0.3) is 0 Å². The molecular formula is C14H16FN3O2S. The van der Waals surface area contributed by atoms with Gasteiger partial charge in [0.05, 0.1) is 10.9 Å². The number of halogens is 1. The number of rotatable bonds is 3. The van der Waals surface area contributed by atoms with Crippen LogP contribution in [0.1, 0.15) is 18.9 Å². The van der Waals surface area contributed by atoms with E-state index in [1.54, 1.807) is 6.20 Å². The van der Waals surface area contributed by atoms with Crippen molar-refractivity contribution in [1.82, 2.24) is 14.1 Å². The van der Waals surface area contributed by atoms with Crippen molar-refractivity contribution < 1.29 is 12.8 Å². The third-order valence-corrected chi connectivity index (χ3v) is 5.69. The van der Waals surface area contributed by atoms with Gasteiger partial charge in [0.2, 0.25) is 10.0 Å². The van der Waals surface area contributed by atoms with Gasteiger partial charge in [0.25, 0.3) is 0 Å². The van der Waals surface area contributed by atoms with Gasteiger partial charge in [-0.25, -0.2) is 12.8 Å². The number of aromatic nitrogens is 2. The van der Waals surface area contributed by atoms with E-state index in [0.717, 1.165) is 12.8 Å². The van der Waals surface area contributed by atoms with E-state index >= 15 is 0 Å². The first-order chi connectivity index (χ1) is 10.1. The van der Waals surface area contributed by atoms with Gasteiger partial charge in [-0.15, -0.1) is 0 Å². The van der Waals surface area contributed by atoms with Crippen molar-refractivity contribution in [1.29, 1.82) is 0 Å². The zero-order chi connectivity index (χ0) is 14.9. The lowest BCUT2D eigenvalue weighted by atomic mass is 10.1. The monoisotopic (exact) mass is 309 g/mol. The molecule has 0 atom stereocenters. The highest BCUT2D eigenvalue weighted by Crippen LogP contribution is 2.26. The summed E-state index contributed by atoms with van der Waals surface area (Å²) < 4.78 is 41.2. The smallest absolute Gasteiger partial charge is 0.243 e. The molecule has 1 fully saturated rings. The SMILES string of the molecule is O=S(=O)(c1ccc(F)cc1)N1CCC(n2cccn2)CC1. The molecule has 3 rings (SSSR count). The minimum absolute atomic E-state index is 0.140. The molecule has 1 aliphatic rings. The predicted octanol–water partition coefficient (Wildman–Crippen LogP) is 2.05. The summed E-state index contributed by atoms with van der Waals surface area (Å²) in [6, 6.07) is 7.06. The number of sulfonamides is 1. The summed E-state index contributed by atoms with van der Waals surface area (Å²) in [5, 5.41) is 4.20. The second kappa shape index (κ2) is 5.57. The Balaban J connectivity index is 1.72. The Hall–Kier alpha value is -1.73. The summed E-state index contributed by atoms with van der Waals surface area (Å²) >= 11 is 0. The number of hydrogen-bond acceptors (Lipinski definition) is 3. The molecule has 0 aliphatic carbocycles. The molecule has 0 radical (unpaired) electrons. The highest BCUT2D eigenvalue weighted by molar-refractivity contribution is 7.89. The highest BCUT2D eigenvalue weighted by Gasteiger charge is 2.30.